The quantitative estimate of drug-likeness (QED) is 0.713. The van der Waals surface area contributed by atoms with Gasteiger partial charge in [0.05, 0.1) is 0 Å². The van der Waals surface area contributed by atoms with Gasteiger partial charge in [-0.1, -0.05) is 41.9 Å². The van der Waals surface area contributed by atoms with Gasteiger partial charge < -0.3 is 4.90 Å². The number of fused-ring (bicyclic) bond motifs is 7. The maximum atomic E-state index is 6.39. The molecule has 0 radical (unpaired) electrons. The van der Waals surface area contributed by atoms with Gasteiger partial charge in [-0.25, -0.2) is 0 Å². The topological polar surface area (TPSA) is 3.24 Å². The van der Waals surface area contributed by atoms with Crippen molar-refractivity contribution in [2.45, 2.75) is 18.3 Å². The molecule has 1 spiro atoms. The number of piperidine rings is 1. The SMILES string of the molecule is CN1CC2C(C1)C21c2ccccc2CCc2ccc(Cl)cc21. The smallest absolute Gasteiger partial charge is 0.0409 e. The second-order valence-electron chi connectivity index (χ2n) is 7.26. The van der Waals surface area contributed by atoms with Crippen LogP contribution >= 0.6 is 11.6 Å². The number of benzene rings is 2. The van der Waals surface area contributed by atoms with E-state index in [1.54, 1.807) is 11.1 Å². The Labute approximate surface area is 136 Å². The fourth-order valence-corrected chi connectivity index (χ4v) is 5.51. The van der Waals surface area contributed by atoms with Crippen LogP contribution in [0.4, 0.5) is 0 Å². The molecule has 112 valence electrons. The predicted molar refractivity (Wildman–Crippen MR) is 90.6 cm³/mol. The maximum Gasteiger partial charge on any atom is 0.0409 e. The minimum atomic E-state index is 0.236. The molecule has 1 saturated carbocycles. The first-order valence-corrected chi connectivity index (χ1v) is 8.65. The van der Waals surface area contributed by atoms with Crippen LogP contribution in [-0.2, 0) is 18.3 Å². The summed E-state index contributed by atoms with van der Waals surface area (Å²) in [4.78, 5) is 2.48. The van der Waals surface area contributed by atoms with Crippen molar-refractivity contribution in [1.29, 1.82) is 0 Å². The Morgan fingerprint density at radius 3 is 2.41 bits per heavy atom. The van der Waals surface area contributed by atoms with Gasteiger partial charge in [-0.05, 0) is 66.1 Å². The number of rotatable bonds is 0. The highest BCUT2D eigenvalue weighted by molar-refractivity contribution is 6.30. The molecule has 3 aliphatic rings. The molecule has 0 aromatic heterocycles. The van der Waals surface area contributed by atoms with E-state index < -0.39 is 0 Å². The van der Waals surface area contributed by atoms with E-state index in [0.29, 0.717) is 0 Å². The van der Waals surface area contributed by atoms with Crippen LogP contribution in [0.25, 0.3) is 0 Å². The molecule has 1 heterocycles. The van der Waals surface area contributed by atoms with E-state index in [2.05, 4.69) is 54.4 Å². The zero-order chi connectivity index (χ0) is 14.9. The molecule has 22 heavy (non-hydrogen) atoms. The van der Waals surface area contributed by atoms with Gasteiger partial charge in [-0.15, -0.1) is 0 Å². The summed E-state index contributed by atoms with van der Waals surface area (Å²) in [6, 6.07) is 15.7. The number of hydrogen-bond donors (Lipinski definition) is 0. The third-order valence-electron chi connectivity index (χ3n) is 6.21. The van der Waals surface area contributed by atoms with E-state index in [0.717, 1.165) is 29.7 Å². The Kier molecular flexibility index (Phi) is 2.61. The second-order valence-corrected chi connectivity index (χ2v) is 7.70. The largest absolute Gasteiger partial charge is 0.306 e. The summed E-state index contributed by atoms with van der Waals surface area (Å²) >= 11 is 6.39. The average molecular weight is 310 g/mol. The van der Waals surface area contributed by atoms with Gasteiger partial charge in [0.15, 0.2) is 0 Å². The molecule has 2 aromatic carbocycles. The van der Waals surface area contributed by atoms with Gasteiger partial charge in [0, 0.05) is 23.5 Å². The lowest BCUT2D eigenvalue weighted by atomic mass is 9.80. The minimum absolute atomic E-state index is 0.236. The normalized spacial score (nSPS) is 32.3. The van der Waals surface area contributed by atoms with Crippen LogP contribution in [0.2, 0.25) is 5.02 Å². The van der Waals surface area contributed by atoms with E-state index in [1.807, 2.05) is 0 Å². The molecule has 2 atom stereocenters. The molecule has 1 nitrogen and oxygen atoms in total. The van der Waals surface area contributed by atoms with Crippen LogP contribution in [0.3, 0.4) is 0 Å². The molecule has 1 aliphatic heterocycles. The summed E-state index contributed by atoms with van der Waals surface area (Å²) < 4.78 is 0. The molecule has 2 aliphatic carbocycles. The van der Waals surface area contributed by atoms with Gasteiger partial charge >= 0.3 is 0 Å². The van der Waals surface area contributed by atoms with Crippen molar-refractivity contribution in [3.05, 3.63) is 69.7 Å². The first-order chi connectivity index (χ1) is 10.7. The Morgan fingerprint density at radius 2 is 1.64 bits per heavy atom. The Balaban J connectivity index is 1.78. The molecule has 1 saturated heterocycles. The highest BCUT2D eigenvalue weighted by Gasteiger charge is 2.70. The van der Waals surface area contributed by atoms with Crippen LogP contribution in [0.15, 0.2) is 42.5 Å². The molecule has 2 unspecified atom stereocenters. The Hall–Kier alpha value is -1.31. The molecule has 5 rings (SSSR count). The summed E-state index contributed by atoms with van der Waals surface area (Å²) in [5, 5.41) is 0.885. The van der Waals surface area contributed by atoms with Gasteiger partial charge in [-0.2, -0.15) is 0 Å². The summed E-state index contributed by atoms with van der Waals surface area (Å²) in [6.07, 6.45) is 2.29. The van der Waals surface area contributed by atoms with E-state index in [9.17, 15) is 0 Å². The first-order valence-electron chi connectivity index (χ1n) is 8.27. The lowest BCUT2D eigenvalue weighted by Crippen LogP contribution is -2.29. The van der Waals surface area contributed by atoms with Crippen molar-refractivity contribution >= 4 is 11.6 Å². The van der Waals surface area contributed by atoms with E-state index in [1.165, 1.54) is 24.2 Å². The van der Waals surface area contributed by atoms with E-state index >= 15 is 0 Å². The molecule has 2 aromatic rings. The van der Waals surface area contributed by atoms with Gasteiger partial charge in [0.2, 0.25) is 0 Å². The van der Waals surface area contributed by atoms with Crippen LogP contribution in [-0.4, -0.2) is 25.0 Å². The molecule has 0 bridgehead atoms. The first kappa shape index (κ1) is 13.2. The standard InChI is InChI=1S/C20H20ClN/c1-22-11-18-19(12-22)20(18)16-5-3-2-4-13(16)6-7-14-8-9-15(21)10-17(14)20/h2-5,8-10,18-19H,6-7,11-12H2,1H3. The molecular formula is C20H20ClN. The predicted octanol–water partition coefficient (Wildman–Crippen LogP) is 3.92. The second kappa shape index (κ2) is 4.37. The Bertz CT molecular complexity index is 754. The number of hydrogen-bond acceptors (Lipinski definition) is 1. The van der Waals surface area contributed by atoms with Crippen LogP contribution in [0.1, 0.15) is 22.3 Å². The van der Waals surface area contributed by atoms with Crippen molar-refractivity contribution in [3.63, 3.8) is 0 Å². The molecule has 0 amide bonds. The molecule has 2 fully saturated rings. The summed E-state index contributed by atoms with van der Waals surface area (Å²) in [6.45, 7) is 2.43. The van der Waals surface area contributed by atoms with E-state index in [4.69, 9.17) is 11.6 Å². The highest BCUT2D eigenvalue weighted by atomic mass is 35.5. The molecule has 0 N–H and O–H groups in total. The van der Waals surface area contributed by atoms with E-state index in [-0.39, 0.29) is 5.41 Å². The van der Waals surface area contributed by atoms with Crippen LogP contribution in [0, 0.1) is 11.8 Å². The van der Waals surface area contributed by atoms with Crippen molar-refractivity contribution < 1.29 is 0 Å². The van der Waals surface area contributed by atoms with Crippen molar-refractivity contribution in [1.82, 2.24) is 4.90 Å². The fraction of sp³-hybridized carbons (Fsp3) is 0.400. The van der Waals surface area contributed by atoms with Crippen molar-refractivity contribution in [2.75, 3.05) is 20.1 Å². The maximum absolute atomic E-state index is 6.39. The van der Waals surface area contributed by atoms with Gasteiger partial charge in [0.25, 0.3) is 0 Å². The summed E-state index contributed by atoms with van der Waals surface area (Å²) in [5.74, 6) is 1.52. The van der Waals surface area contributed by atoms with Crippen LogP contribution < -0.4 is 0 Å². The monoisotopic (exact) mass is 309 g/mol. The van der Waals surface area contributed by atoms with Crippen molar-refractivity contribution in [2.24, 2.45) is 11.8 Å². The summed E-state index contributed by atoms with van der Waals surface area (Å²) in [5.41, 5.74) is 6.40. The fourth-order valence-electron chi connectivity index (χ4n) is 5.33. The highest BCUT2D eigenvalue weighted by Crippen LogP contribution is 2.68. The summed E-state index contributed by atoms with van der Waals surface area (Å²) in [7, 11) is 2.25. The molecular weight excluding hydrogens is 290 g/mol. The minimum Gasteiger partial charge on any atom is -0.306 e. The third-order valence-corrected chi connectivity index (χ3v) is 6.44. The number of nitrogens with zero attached hydrogens (tertiary/aromatic N) is 1. The number of aryl methyl sites for hydroxylation is 2. The van der Waals surface area contributed by atoms with Crippen molar-refractivity contribution in [3.8, 4) is 0 Å². The zero-order valence-electron chi connectivity index (χ0n) is 12.8. The lowest BCUT2D eigenvalue weighted by molar-refractivity contribution is 0.340. The average Bonchev–Trinajstić information content (AvgIpc) is 2.98. The Morgan fingerprint density at radius 1 is 0.955 bits per heavy atom. The molecule has 2 heteroatoms. The number of halogens is 1. The zero-order valence-corrected chi connectivity index (χ0v) is 13.6. The number of likely N-dealkylation sites (tertiary alicyclic amines) is 1. The van der Waals surface area contributed by atoms with Gasteiger partial charge in [0.1, 0.15) is 0 Å². The van der Waals surface area contributed by atoms with Crippen LogP contribution in [0.5, 0.6) is 0 Å². The lowest BCUT2D eigenvalue weighted by Gasteiger charge is -2.27. The third kappa shape index (κ3) is 1.54. The van der Waals surface area contributed by atoms with Gasteiger partial charge in [-0.3, -0.25) is 0 Å².